The van der Waals surface area contributed by atoms with Crippen LogP contribution in [0.5, 0.6) is 0 Å². The van der Waals surface area contributed by atoms with Gasteiger partial charge in [0.25, 0.3) is 0 Å². The van der Waals surface area contributed by atoms with E-state index in [4.69, 9.17) is 0 Å². The van der Waals surface area contributed by atoms with Gasteiger partial charge in [-0.15, -0.1) is 0 Å². The Hall–Kier alpha value is -1.78. The van der Waals surface area contributed by atoms with Gasteiger partial charge in [-0.2, -0.15) is 0 Å². The standard InChI is InChI=1S/C19H25F2N3O3S2/c1-12(2)7-13(10-25)8-15-9-17(24-29(3,26)27)23-19(22-15)28-11-14-5-4-6-16(20)18(14)21/h4-6,9,12-13,25H,7-8,10-11H2,1-3H3,(H,22,23,24). The Kier molecular flexibility index (Phi) is 8.35. The number of hydrogen-bond acceptors (Lipinski definition) is 6. The summed E-state index contributed by atoms with van der Waals surface area (Å²) in [7, 11) is -3.55. The Morgan fingerprint density at radius 3 is 2.59 bits per heavy atom. The number of rotatable bonds is 10. The summed E-state index contributed by atoms with van der Waals surface area (Å²) in [5, 5.41) is 9.87. The van der Waals surface area contributed by atoms with E-state index in [0.29, 0.717) is 18.0 Å². The summed E-state index contributed by atoms with van der Waals surface area (Å²) in [6.45, 7) is 4.08. The normalized spacial score (nSPS) is 12.9. The third kappa shape index (κ3) is 7.87. The Balaban J connectivity index is 2.27. The van der Waals surface area contributed by atoms with E-state index in [-0.39, 0.29) is 34.8 Å². The van der Waals surface area contributed by atoms with Crippen molar-refractivity contribution in [2.75, 3.05) is 17.6 Å². The third-order valence-corrected chi connectivity index (χ3v) is 5.47. The number of halogens is 2. The molecule has 0 aliphatic heterocycles. The summed E-state index contributed by atoms with van der Waals surface area (Å²) in [5.74, 6) is -1.33. The van der Waals surface area contributed by atoms with Crippen molar-refractivity contribution in [3.05, 3.63) is 47.2 Å². The van der Waals surface area contributed by atoms with Gasteiger partial charge in [0.1, 0.15) is 5.82 Å². The molecule has 6 nitrogen and oxygen atoms in total. The minimum absolute atomic E-state index is 0.0198. The molecule has 29 heavy (non-hydrogen) atoms. The Morgan fingerprint density at radius 2 is 1.97 bits per heavy atom. The molecule has 1 aromatic heterocycles. The zero-order valence-corrected chi connectivity index (χ0v) is 18.2. The summed E-state index contributed by atoms with van der Waals surface area (Å²) >= 11 is 1.07. The molecule has 2 aromatic rings. The lowest BCUT2D eigenvalue weighted by Gasteiger charge is -2.17. The van der Waals surface area contributed by atoms with Crippen molar-refractivity contribution < 1.29 is 22.3 Å². The lowest BCUT2D eigenvalue weighted by molar-refractivity contribution is 0.204. The van der Waals surface area contributed by atoms with Crippen LogP contribution in [-0.4, -0.2) is 36.4 Å². The van der Waals surface area contributed by atoms with Crippen molar-refractivity contribution >= 4 is 27.6 Å². The van der Waals surface area contributed by atoms with Crippen molar-refractivity contribution in [3.63, 3.8) is 0 Å². The number of nitrogens with one attached hydrogen (secondary N) is 1. The molecule has 2 N–H and O–H groups in total. The first-order chi connectivity index (χ1) is 13.6. The first-order valence-electron chi connectivity index (χ1n) is 9.09. The van der Waals surface area contributed by atoms with Gasteiger partial charge < -0.3 is 5.11 Å². The number of aliphatic hydroxyl groups excluding tert-OH is 1. The molecule has 10 heteroatoms. The maximum absolute atomic E-state index is 13.9. The molecule has 0 saturated carbocycles. The molecule has 0 bridgehead atoms. The fourth-order valence-corrected chi connectivity index (χ4v) is 4.21. The monoisotopic (exact) mass is 445 g/mol. The predicted molar refractivity (Wildman–Crippen MR) is 110 cm³/mol. The molecule has 1 atom stereocenters. The summed E-state index contributed by atoms with van der Waals surface area (Å²) in [6, 6.07) is 5.45. The van der Waals surface area contributed by atoms with E-state index in [2.05, 4.69) is 14.7 Å². The molecule has 0 spiro atoms. The average molecular weight is 446 g/mol. The van der Waals surface area contributed by atoms with Crippen LogP contribution in [0.4, 0.5) is 14.6 Å². The van der Waals surface area contributed by atoms with Crippen molar-refractivity contribution in [3.8, 4) is 0 Å². The van der Waals surface area contributed by atoms with Gasteiger partial charge in [0.15, 0.2) is 16.8 Å². The van der Waals surface area contributed by atoms with Gasteiger partial charge in [-0.25, -0.2) is 27.2 Å². The highest BCUT2D eigenvalue weighted by Gasteiger charge is 2.16. The van der Waals surface area contributed by atoms with Gasteiger partial charge in [0.05, 0.1) is 6.26 Å². The van der Waals surface area contributed by atoms with Gasteiger partial charge in [-0.1, -0.05) is 37.7 Å². The molecule has 0 radical (unpaired) electrons. The molecule has 160 valence electrons. The largest absolute Gasteiger partial charge is 0.396 e. The van der Waals surface area contributed by atoms with Crippen molar-refractivity contribution in [1.82, 2.24) is 9.97 Å². The second-order valence-electron chi connectivity index (χ2n) is 7.29. The Bertz CT molecular complexity index is 940. The predicted octanol–water partition coefficient (Wildman–Crippen LogP) is 3.62. The van der Waals surface area contributed by atoms with Crippen LogP contribution in [0.1, 0.15) is 31.5 Å². The molecule has 1 heterocycles. The topological polar surface area (TPSA) is 92.2 Å². The lowest BCUT2D eigenvalue weighted by atomic mass is 9.93. The molecule has 0 saturated heterocycles. The Labute approximate surface area is 174 Å². The van der Waals surface area contributed by atoms with Gasteiger partial charge >= 0.3 is 0 Å². The fourth-order valence-electron chi connectivity index (χ4n) is 2.87. The minimum atomic E-state index is -3.55. The van der Waals surface area contributed by atoms with Crippen LogP contribution in [0, 0.1) is 23.5 Å². The smallest absolute Gasteiger partial charge is 0.230 e. The van der Waals surface area contributed by atoms with E-state index in [1.807, 2.05) is 13.8 Å². The minimum Gasteiger partial charge on any atom is -0.396 e. The number of hydrogen-bond donors (Lipinski definition) is 2. The quantitative estimate of drug-likeness (QED) is 0.429. The van der Waals surface area contributed by atoms with Crippen LogP contribution in [-0.2, 0) is 22.2 Å². The SMILES string of the molecule is CC(C)CC(CO)Cc1cc(NS(C)(=O)=O)nc(SCc2cccc(F)c2F)n1. The van der Waals surface area contributed by atoms with Gasteiger partial charge in [0.2, 0.25) is 10.0 Å². The molecule has 0 aliphatic carbocycles. The molecule has 1 aromatic carbocycles. The van der Waals surface area contributed by atoms with E-state index in [9.17, 15) is 22.3 Å². The lowest BCUT2D eigenvalue weighted by Crippen LogP contribution is -2.16. The first-order valence-corrected chi connectivity index (χ1v) is 12.0. The van der Waals surface area contributed by atoms with Gasteiger partial charge in [-0.3, -0.25) is 4.72 Å². The third-order valence-electron chi connectivity index (χ3n) is 4.00. The molecule has 0 aliphatic rings. The van der Waals surface area contributed by atoms with Crippen LogP contribution in [0.2, 0.25) is 0 Å². The summed E-state index contributed by atoms with van der Waals surface area (Å²) in [5.41, 5.74) is 0.725. The van der Waals surface area contributed by atoms with Crippen LogP contribution in [0.15, 0.2) is 29.4 Å². The highest BCUT2D eigenvalue weighted by Crippen LogP contribution is 2.25. The second-order valence-corrected chi connectivity index (χ2v) is 9.98. The maximum Gasteiger partial charge on any atom is 0.230 e. The van der Waals surface area contributed by atoms with Gasteiger partial charge in [-0.05, 0) is 30.7 Å². The zero-order valence-electron chi connectivity index (χ0n) is 16.5. The number of anilines is 1. The van der Waals surface area contributed by atoms with Crippen molar-refractivity contribution in [2.45, 2.75) is 37.6 Å². The van der Waals surface area contributed by atoms with E-state index in [0.717, 1.165) is 30.5 Å². The van der Waals surface area contributed by atoms with Crippen molar-refractivity contribution in [1.29, 1.82) is 0 Å². The zero-order chi connectivity index (χ0) is 21.6. The van der Waals surface area contributed by atoms with E-state index in [1.165, 1.54) is 18.2 Å². The summed E-state index contributed by atoms with van der Waals surface area (Å²) in [6.07, 6.45) is 2.24. The average Bonchev–Trinajstić information content (AvgIpc) is 2.60. The van der Waals surface area contributed by atoms with Crippen LogP contribution < -0.4 is 4.72 Å². The summed E-state index contributed by atoms with van der Waals surface area (Å²) in [4.78, 5) is 8.58. The van der Waals surface area contributed by atoms with Gasteiger partial charge in [0, 0.05) is 29.7 Å². The summed E-state index contributed by atoms with van der Waals surface area (Å²) < 4.78 is 52.8. The van der Waals surface area contributed by atoms with E-state index in [1.54, 1.807) is 0 Å². The highest BCUT2D eigenvalue weighted by atomic mass is 32.2. The van der Waals surface area contributed by atoms with Crippen LogP contribution in [0.3, 0.4) is 0 Å². The van der Waals surface area contributed by atoms with Crippen LogP contribution in [0.25, 0.3) is 0 Å². The molecular formula is C19H25F2N3O3S2. The number of benzene rings is 1. The van der Waals surface area contributed by atoms with Crippen LogP contribution >= 0.6 is 11.8 Å². The van der Waals surface area contributed by atoms with E-state index < -0.39 is 21.7 Å². The number of nitrogens with zero attached hydrogens (tertiary/aromatic N) is 2. The first kappa shape index (κ1) is 23.5. The fraction of sp³-hybridized carbons (Fsp3) is 0.474. The number of sulfonamides is 1. The maximum atomic E-state index is 13.9. The Morgan fingerprint density at radius 1 is 1.24 bits per heavy atom. The molecule has 2 rings (SSSR count). The number of thioether (sulfide) groups is 1. The second kappa shape index (κ2) is 10.3. The molecule has 1 unspecified atom stereocenters. The molecular weight excluding hydrogens is 420 g/mol. The number of aliphatic hydroxyl groups is 1. The molecule has 0 fully saturated rings. The highest BCUT2D eigenvalue weighted by molar-refractivity contribution is 7.98. The number of aromatic nitrogens is 2. The molecule has 0 amide bonds. The van der Waals surface area contributed by atoms with E-state index >= 15 is 0 Å². The van der Waals surface area contributed by atoms with Crippen molar-refractivity contribution in [2.24, 2.45) is 11.8 Å².